The summed E-state index contributed by atoms with van der Waals surface area (Å²) >= 11 is 11.2. The molecule has 0 aliphatic carbocycles. The summed E-state index contributed by atoms with van der Waals surface area (Å²) in [4.78, 5) is 17.7. The summed E-state index contributed by atoms with van der Waals surface area (Å²) in [6.45, 7) is 0. The molecule has 0 bridgehead atoms. The summed E-state index contributed by atoms with van der Waals surface area (Å²) in [6.07, 6.45) is 1.47. The fraction of sp³-hybridized carbons (Fsp3) is 0. The molecule has 66 valence electrons. The number of fused-ring (bicyclic) bond motifs is 1. The summed E-state index contributed by atoms with van der Waals surface area (Å²) in [5, 5.41) is -0.0242. The van der Waals surface area contributed by atoms with Gasteiger partial charge in [-0.25, -0.2) is 4.98 Å². The van der Waals surface area contributed by atoms with Gasteiger partial charge in [0.1, 0.15) is 5.52 Å². The number of carbonyl (C=O) groups excluding carboxylic acids is 1. The van der Waals surface area contributed by atoms with Gasteiger partial charge in [0.2, 0.25) is 0 Å². The minimum atomic E-state index is -0.522. The van der Waals surface area contributed by atoms with Crippen LogP contribution in [0.15, 0.2) is 18.5 Å². The van der Waals surface area contributed by atoms with Crippen LogP contribution < -0.4 is 0 Å². The predicted molar refractivity (Wildman–Crippen MR) is 51.3 cm³/mol. The smallest absolute Gasteiger partial charge is 0.254 e. The number of nitrogens with zero attached hydrogens (tertiary/aromatic N) is 1. The Kier molecular flexibility index (Phi) is 1.98. The highest BCUT2D eigenvalue weighted by Crippen LogP contribution is 2.24. The molecule has 13 heavy (non-hydrogen) atoms. The number of benzene rings is 1. The lowest BCUT2D eigenvalue weighted by Gasteiger charge is -1.96. The van der Waals surface area contributed by atoms with E-state index in [9.17, 15) is 4.79 Å². The molecule has 0 radical (unpaired) electrons. The van der Waals surface area contributed by atoms with Crippen LogP contribution in [0.2, 0.25) is 5.02 Å². The van der Waals surface area contributed by atoms with Crippen molar-refractivity contribution in [3.05, 3.63) is 29.0 Å². The standard InChI is InChI=1S/C8H4Cl2N2O/c9-5-2-1-4(8(10)13)6-7(5)12-3-11-6/h1-3H,(H,11,12). The monoisotopic (exact) mass is 214 g/mol. The van der Waals surface area contributed by atoms with Crippen LogP contribution in [0.5, 0.6) is 0 Å². The maximum atomic E-state index is 10.9. The maximum absolute atomic E-state index is 10.9. The van der Waals surface area contributed by atoms with E-state index in [1.807, 2.05) is 0 Å². The molecule has 0 atom stereocenters. The van der Waals surface area contributed by atoms with Gasteiger partial charge in [-0.3, -0.25) is 4.79 Å². The Morgan fingerprint density at radius 2 is 2.23 bits per heavy atom. The molecule has 0 aliphatic heterocycles. The zero-order valence-corrected chi connectivity index (χ0v) is 7.86. The van der Waals surface area contributed by atoms with E-state index in [1.165, 1.54) is 6.33 Å². The molecule has 0 unspecified atom stereocenters. The first-order chi connectivity index (χ1) is 6.20. The Balaban J connectivity index is 2.86. The molecule has 0 aliphatic rings. The topological polar surface area (TPSA) is 45.8 Å². The molecular formula is C8H4Cl2N2O. The number of aromatic amines is 1. The number of aromatic nitrogens is 2. The second kappa shape index (κ2) is 3.01. The van der Waals surface area contributed by atoms with E-state index >= 15 is 0 Å². The van der Waals surface area contributed by atoms with Gasteiger partial charge in [-0.15, -0.1) is 0 Å². The zero-order chi connectivity index (χ0) is 9.42. The fourth-order valence-electron chi connectivity index (χ4n) is 1.16. The lowest BCUT2D eigenvalue weighted by atomic mass is 10.2. The first-order valence-corrected chi connectivity index (χ1v) is 4.27. The molecule has 2 rings (SSSR count). The van der Waals surface area contributed by atoms with Crippen molar-refractivity contribution < 1.29 is 4.79 Å². The molecule has 1 N–H and O–H groups in total. The number of halogens is 2. The van der Waals surface area contributed by atoms with Gasteiger partial charge >= 0.3 is 0 Å². The SMILES string of the molecule is O=C(Cl)c1ccc(Cl)c2nc[nH]c12. The van der Waals surface area contributed by atoms with E-state index in [4.69, 9.17) is 23.2 Å². The molecular weight excluding hydrogens is 211 g/mol. The quantitative estimate of drug-likeness (QED) is 0.743. The number of H-pyrrole nitrogens is 1. The van der Waals surface area contributed by atoms with Gasteiger partial charge in [-0.2, -0.15) is 0 Å². The maximum Gasteiger partial charge on any atom is 0.254 e. The Labute approximate surface area is 83.7 Å². The van der Waals surface area contributed by atoms with Crippen LogP contribution in [0.1, 0.15) is 10.4 Å². The van der Waals surface area contributed by atoms with Crippen LogP contribution in [0, 0.1) is 0 Å². The lowest BCUT2D eigenvalue weighted by molar-refractivity contribution is 0.108. The molecule has 1 aromatic carbocycles. The molecule has 1 heterocycles. The first kappa shape index (κ1) is 8.53. The molecule has 0 saturated carbocycles. The van der Waals surface area contributed by atoms with Crippen molar-refractivity contribution in [3.8, 4) is 0 Å². The summed E-state index contributed by atoms with van der Waals surface area (Å²) in [5.74, 6) is 0. The molecule has 5 heteroatoms. The number of hydrogen-bond acceptors (Lipinski definition) is 2. The van der Waals surface area contributed by atoms with E-state index in [0.29, 0.717) is 21.6 Å². The Bertz CT molecular complexity index is 478. The highest BCUT2D eigenvalue weighted by atomic mass is 35.5. The zero-order valence-electron chi connectivity index (χ0n) is 6.34. The molecule has 0 saturated heterocycles. The summed E-state index contributed by atoms with van der Waals surface area (Å²) in [7, 11) is 0. The summed E-state index contributed by atoms with van der Waals surface area (Å²) in [5.41, 5.74) is 1.53. The van der Waals surface area contributed by atoms with E-state index in [-0.39, 0.29) is 0 Å². The van der Waals surface area contributed by atoms with Gasteiger partial charge in [0.25, 0.3) is 5.24 Å². The molecule has 1 aromatic heterocycles. The summed E-state index contributed by atoms with van der Waals surface area (Å²) < 4.78 is 0. The van der Waals surface area contributed by atoms with Crippen LogP contribution in [-0.2, 0) is 0 Å². The summed E-state index contributed by atoms with van der Waals surface area (Å²) in [6, 6.07) is 3.17. The average molecular weight is 215 g/mol. The van der Waals surface area contributed by atoms with Gasteiger partial charge in [0.15, 0.2) is 0 Å². The number of rotatable bonds is 1. The highest BCUT2D eigenvalue weighted by Gasteiger charge is 2.11. The van der Waals surface area contributed by atoms with E-state index in [2.05, 4.69) is 9.97 Å². The first-order valence-electron chi connectivity index (χ1n) is 3.51. The third-order valence-corrected chi connectivity index (χ3v) is 2.25. The number of imidazole rings is 1. The van der Waals surface area contributed by atoms with Crippen LogP contribution in [0.4, 0.5) is 0 Å². The van der Waals surface area contributed by atoms with E-state index in [1.54, 1.807) is 12.1 Å². The molecule has 0 amide bonds. The van der Waals surface area contributed by atoms with E-state index in [0.717, 1.165) is 0 Å². The van der Waals surface area contributed by atoms with Crippen molar-refractivity contribution in [1.82, 2.24) is 9.97 Å². The largest absolute Gasteiger partial charge is 0.344 e. The Morgan fingerprint density at radius 1 is 1.46 bits per heavy atom. The van der Waals surface area contributed by atoms with Crippen LogP contribution in [-0.4, -0.2) is 15.2 Å². The van der Waals surface area contributed by atoms with Crippen LogP contribution >= 0.6 is 23.2 Å². The van der Waals surface area contributed by atoms with Gasteiger partial charge in [0.05, 0.1) is 22.4 Å². The number of carbonyl (C=O) groups is 1. The van der Waals surface area contributed by atoms with Crippen LogP contribution in [0.3, 0.4) is 0 Å². The second-order valence-electron chi connectivity index (χ2n) is 2.49. The van der Waals surface area contributed by atoms with Gasteiger partial charge < -0.3 is 4.98 Å². The van der Waals surface area contributed by atoms with Gasteiger partial charge in [-0.05, 0) is 23.7 Å². The average Bonchev–Trinajstić information content (AvgIpc) is 2.53. The van der Waals surface area contributed by atoms with Crippen molar-refractivity contribution in [2.24, 2.45) is 0 Å². The lowest BCUT2D eigenvalue weighted by Crippen LogP contribution is -1.90. The van der Waals surface area contributed by atoms with Crippen molar-refractivity contribution in [3.63, 3.8) is 0 Å². The normalized spacial score (nSPS) is 10.6. The van der Waals surface area contributed by atoms with Crippen molar-refractivity contribution in [2.45, 2.75) is 0 Å². The fourth-order valence-corrected chi connectivity index (χ4v) is 1.53. The van der Waals surface area contributed by atoms with E-state index < -0.39 is 5.24 Å². The van der Waals surface area contributed by atoms with Crippen molar-refractivity contribution >= 4 is 39.5 Å². The molecule has 0 spiro atoms. The highest BCUT2D eigenvalue weighted by molar-refractivity contribution is 6.68. The number of nitrogens with one attached hydrogen (secondary N) is 1. The Hall–Kier alpha value is -1.06. The minimum Gasteiger partial charge on any atom is -0.344 e. The number of hydrogen-bond donors (Lipinski definition) is 1. The van der Waals surface area contributed by atoms with Gasteiger partial charge in [0, 0.05) is 0 Å². The molecule has 3 nitrogen and oxygen atoms in total. The molecule has 0 fully saturated rings. The minimum absolute atomic E-state index is 0.388. The second-order valence-corrected chi connectivity index (χ2v) is 3.25. The van der Waals surface area contributed by atoms with Crippen LogP contribution in [0.25, 0.3) is 11.0 Å². The third-order valence-electron chi connectivity index (χ3n) is 1.74. The van der Waals surface area contributed by atoms with Gasteiger partial charge in [-0.1, -0.05) is 11.6 Å². The van der Waals surface area contributed by atoms with Crippen molar-refractivity contribution in [2.75, 3.05) is 0 Å². The Morgan fingerprint density at radius 3 is 2.92 bits per heavy atom. The van der Waals surface area contributed by atoms with Crippen molar-refractivity contribution in [1.29, 1.82) is 0 Å². The molecule has 2 aromatic rings. The predicted octanol–water partition coefficient (Wildman–Crippen LogP) is 2.60. The third kappa shape index (κ3) is 1.30.